The molecule has 0 fully saturated rings. The number of hydrogen-bond donors (Lipinski definition) is 1. The van der Waals surface area contributed by atoms with Crippen molar-refractivity contribution in [2.45, 2.75) is 13.0 Å². The lowest BCUT2D eigenvalue weighted by Crippen LogP contribution is -2.01. The van der Waals surface area contributed by atoms with Crippen molar-refractivity contribution in [3.8, 4) is 0 Å². The van der Waals surface area contributed by atoms with Gasteiger partial charge in [-0.1, -0.05) is 17.7 Å². The highest BCUT2D eigenvalue weighted by atomic mass is 35.5. The molecule has 0 aliphatic heterocycles. The van der Waals surface area contributed by atoms with Gasteiger partial charge in [-0.2, -0.15) is 0 Å². The van der Waals surface area contributed by atoms with E-state index in [-0.39, 0.29) is 0 Å². The van der Waals surface area contributed by atoms with Gasteiger partial charge < -0.3 is 9.55 Å². The second kappa shape index (κ2) is 5.15. The minimum absolute atomic E-state index is 0.711. The molecule has 0 atom stereocenters. The van der Waals surface area contributed by atoms with Crippen molar-refractivity contribution in [3.05, 3.63) is 58.1 Å². The van der Waals surface area contributed by atoms with Gasteiger partial charge in [-0.15, -0.1) is 0 Å². The van der Waals surface area contributed by atoms with E-state index in [0.29, 0.717) is 5.02 Å². The average Bonchev–Trinajstić information content (AvgIpc) is 2.72. The molecule has 3 nitrogen and oxygen atoms in total. The highest BCUT2D eigenvalue weighted by Gasteiger charge is 2.05. The lowest BCUT2D eigenvalue weighted by atomic mass is 10.2. The Bertz CT molecular complexity index is 761. The molecule has 1 aromatic carbocycles. The maximum Gasteiger partial charge on any atom is 0.178 e. The number of H-pyrrole nitrogens is 1. The highest BCUT2D eigenvalue weighted by molar-refractivity contribution is 7.71. The summed E-state index contributed by atoms with van der Waals surface area (Å²) in [6.45, 7) is 0.826. The molecule has 2 heterocycles. The number of nitrogens with zero attached hydrogens (tertiary/aromatic N) is 2. The Balaban J connectivity index is 1.93. The first-order valence-electron chi connectivity index (χ1n) is 6.01. The molecule has 3 rings (SSSR count). The van der Waals surface area contributed by atoms with Crippen molar-refractivity contribution >= 4 is 34.9 Å². The number of benzene rings is 1. The van der Waals surface area contributed by atoms with Crippen molar-refractivity contribution < 1.29 is 0 Å². The topological polar surface area (TPSA) is 33.6 Å². The summed E-state index contributed by atoms with van der Waals surface area (Å²) in [6.07, 6.45) is 4.57. The van der Waals surface area contributed by atoms with Crippen molar-refractivity contribution in [2.24, 2.45) is 0 Å². The molecule has 3 aromatic rings. The standard InChI is InChI=1S/C14H12ClN3S/c15-11-3-4-13-12(8-11)17-14(19)18(13)7-5-10-2-1-6-16-9-10/h1-4,6,8-9H,5,7H2,(H,17,19). The van der Waals surface area contributed by atoms with Crippen molar-refractivity contribution in [1.82, 2.24) is 14.5 Å². The van der Waals surface area contributed by atoms with Gasteiger partial charge >= 0.3 is 0 Å². The van der Waals surface area contributed by atoms with Crippen molar-refractivity contribution in [2.75, 3.05) is 0 Å². The van der Waals surface area contributed by atoms with E-state index in [1.54, 1.807) is 6.20 Å². The number of aromatic amines is 1. The van der Waals surface area contributed by atoms with Crippen LogP contribution in [0.1, 0.15) is 5.56 Å². The normalized spacial score (nSPS) is 11.0. The van der Waals surface area contributed by atoms with E-state index >= 15 is 0 Å². The fraction of sp³-hybridized carbons (Fsp3) is 0.143. The summed E-state index contributed by atoms with van der Waals surface area (Å²) in [5, 5.41) is 0.711. The average molecular weight is 290 g/mol. The molecule has 2 aromatic heterocycles. The summed E-state index contributed by atoms with van der Waals surface area (Å²) in [7, 11) is 0. The van der Waals surface area contributed by atoms with E-state index in [2.05, 4.69) is 20.6 Å². The zero-order valence-electron chi connectivity index (χ0n) is 10.1. The Labute approximate surface area is 120 Å². The van der Waals surface area contributed by atoms with Gasteiger partial charge in [0, 0.05) is 24.0 Å². The molecule has 0 saturated heterocycles. The number of halogens is 1. The molecule has 96 valence electrons. The van der Waals surface area contributed by atoms with Crippen molar-refractivity contribution in [1.29, 1.82) is 0 Å². The van der Waals surface area contributed by atoms with Gasteiger partial charge in [0.15, 0.2) is 4.77 Å². The molecule has 0 amide bonds. The van der Waals surface area contributed by atoms with E-state index in [1.807, 2.05) is 30.5 Å². The molecule has 5 heteroatoms. The number of aromatic nitrogens is 3. The Morgan fingerprint density at radius 1 is 1.32 bits per heavy atom. The zero-order valence-corrected chi connectivity index (χ0v) is 11.7. The number of imidazole rings is 1. The predicted octanol–water partition coefficient (Wildman–Crippen LogP) is 3.99. The van der Waals surface area contributed by atoms with Crippen LogP contribution in [0.15, 0.2) is 42.7 Å². The van der Waals surface area contributed by atoms with Crippen LogP contribution in [0, 0.1) is 4.77 Å². The smallest absolute Gasteiger partial charge is 0.178 e. The number of rotatable bonds is 3. The highest BCUT2D eigenvalue weighted by Crippen LogP contribution is 2.19. The van der Waals surface area contributed by atoms with Gasteiger partial charge in [-0.05, 0) is 48.5 Å². The van der Waals surface area contributed by atoms with Gasteiger partial charge in [0.05, 0.1) is 11.0 Å². The number of aryl methyl sites for hydroxylation is 2. The van der Waals surface area contributed by atoms with E-state index in [0.717, 1.165) is 28.8 Å². The largest absolute Gasteiger partial charge is 0.331 e. The third kappa shape index (κ3) is 2.55. The zero-order chi connectivity index (χ0) is 13.2. The Morgan fingerprint density at radius 2 is 2.21 bits per heavy atom. The van der Waals surface area contributed by atoms with Crippen LogP contribution in [-0.2, 0) is 13.0 Å². The van der Waals surface area contributed by atoms with Crippen LogP contribution < -0.4 is 0 Å². The molecule has 1 N–H and O–H groups in total. The van der Waals surface area contributed by atoms with Crippen LogP contribution in [0.4, 0.5) is 0 Å². The van der Waals surface area contributed by atoms with Crippen LogP contribution in [0.25, 0.3) is 11.0 Å². The quantitative estimate of drug-likeness (QED) is 0.740. The third-order valence-corrected chi connectivity index (χ3v) is 3.64. The number of fused-ring (bicyclic) bond motifs is 1. The molecule has 0 bridgehead atoms. The maximum atomic E-state index is 5.98. The Hall–Kier alpha value is -1.65. The van der Waals surface area contributed by atoms with Crippen LogP contribution in [-0.4, -0.2) is 14.5 Å². The summed E-state index contributed by atoms with van der Waals surface area (Å²) < 4.78 is 2.81. The minimum Gasteiger partial charge on any atom is -0.331 e. The fourth-order valence-electron chi connectivity index (χ4n) is 2.14. The molecule has 0 saturated carbocycles. The predicted molar refractivity (Wildman–Crippen MR) is 80.1 cm³/mol. The van der Waals surface area contributed by atoms with Gasteiger partial charge in [-0.25, -0.2) is 0 Å². The molecule has 0 aliphatic rings. The van der Waals surface area contributed by atoms with E-state index in [1.165, 1.54) is 5.56 Å². The molecule has 0 radical (unpaired) electrons. The summed E-state index contributed by atoms with van der Waals surface area (Å²) >= 11 is 11.3. The van der Waals surface area contributed by atoms with Gasteiger partial charge in [-0.3, -0.25) is 4.98 Å². The van der Waals surface area contributed by atoms with Gasteiger partial charge in [0.1, 0.15) is 0 Å². The monoisotopic (exact) mass is 289 g/mol. The first-order chi connectivity index (χ1) is 9.24. The molecular formula is C14H12ClN3S. The van der Waals surface area contributed by atoms with Gasteiger partial charge in [0.2, 0.25) is 0 Å². The Kier molecular flexibility index (Phi) is 3.36. The lowest BCUT2D eigenvalue weighted by molar-refractivity contribution is 0.705. The second-order valence-electron chi connectivity index (χ2n) is 4.35. The van der Waals surface area contributed by atoms with E-state index < -0.39 is 0 Å². The first kappa shape index (κ1) is 12.4. The SMILES string of the molecule is S=c1[nH]c2cc(Cl)ccc2n1CCc1cccnc1. The maximum absolute atomic E-state index is 5.98. The van der Waals surface area contributed by atoms with Crippen LogP contribution >= 0.6 is 23.8 Å². The summed E-state index contributed by atoms with van der Waals surface area (Å²) in [6, 6.07) is 9.79. The Morgan fingerprint density at radius 3 is 3.00 bits per heavy atom. The second-order valence-corrected chi connectivity index (χ2v) is 5.18. The van der Waals surface area contributed by atoms with Crippen LogP contribution in [0.2, 0.25) is 5.02 Å². The molecular weight excluding hydrogens is 278 g/mol. The third-order valence-electron chi connectivity index (χ3n) is 3.08. The molecule has 0 spiro atoms. The minimum atomic E-state index is 0.711. The molecule has 0 aliphatic carbocycles. The van der Waals surface area contributed by atoms with E-state index in [9.17, 15) is 0 Å². The molecule has 0 unspecified atom stereocenters. The van der Waals surface area contributed by atoms with Crippen LogP contribution in [0.5, 0.6) is 0 Å². The van der Waals surface area contributed by atoms with Crippen LogP contribution in [0.3, 0.4) is 0 Å². The van der Waals surface area contributed by atoms with Crippen molar-refractivity contribution in [3.63, 3.8) is 0 Å². The first-order valence-corrected chi connectivity index (χ1v) is 6.79. The number of hydrogen-bond acceptors (Lipinski definition) is 2. The van der Waals surface area contributed by atoms with Gasteiger partial charge in [0.25, 0.3) is 0 Å². The van der Waals surface area contributed by atoms with E-state index in [4.69, 9.17) is 23.8 Å². The number of nitrogens with one attached hydrogen (secondary N) is 1. The summed E-state index contributed by atoms with van der Waals surface area (Å²) in [4.78, 5) is 7.30. The molecule has 19 heavy (non-hydrogen) atoms. The lowest BCUT2D eigenvalue weighted by Gasteiger charge is -2.04. The fourth-order valence-corrected chi connectivity index (χ4v) is 2.62. The summed E-state index contributed by atoms with van der Waals surface area (Å²) in [5.74, 6) is 0. The summed E-state index contributed by atoms with van der Waals surface area (Å²) in [5.41, 5.74) is 3.26. The number of pyridine rings is 1.